The molecule has 0 radical (unpaired) electrons. The van der Waals surface area contributed by atoms with Crippen LogP contribution < -0.4 is 10.1 Å². The maximum atomic E-state index is 12.2. The molecule has 1 amide bonds. The number of aromatic hydroxyl groups is 4. The highest BCUT2D eigenvalue weighted by Crippen LogP contribution is 2.34. The molecule has 12 nitrogen and oxygen atoms in total. The summed E-state index contributed by atoms with van der Waals surface area (Å²) in [4.78, 5) is 41.7. The zero-order valence-corrected chi connectivity index (χ0v) is 24.5. The van der Waals surface area contributed by atoms with E-state index in [1.807, 2.05) is 13.8 Å². The number of benzene rings is 3. The molecule has 4 rings (SSSR count). The van der Waals surface area contributed by atoms with Crippen molar-refractivity contribution in [2.24, 2.45) is 15.9 Å². The van der Waals surface area contributed by atoms with Crippen molar-refractivity contribution in [3.05, 3.63) is 65.4 Å². The molecule has 0 bridgehead atoms. The van der Waals surface area contributed by atoms with Gasteiger partial charge in [-0.1, -0.05) is 13.8 Å². The topological polar surface area (TPSA) is 187 Å². The number of esters is 1. The lowest BCUT2D eigenvalue weighted by atomic mass is 10.1. The predicted molar refractivity (Wildman–Crippen MR) is 166 cm³/mol. The molecule has 0 atom stereocenters. The van der Waals surface area contributed by atoms with Gasteiger partial charge in [0.1, 0.15) is 28.7 Å². The van der Waals surface area contributed by atoms with Crippen molar-refractivity contribution in [3.8, 4) is 28.9 Å². The lowest BCUT2D eigenvalue weighted by Crippen LogP contribution is -2.23. The third-order valence-electron chi connectivity index (χ3n) is 6.27. The SMILES string of the molecule is CCNC(=O)CCC(=O)Oc1ccc(O)c(/C=N/c2cc3nc(O)c(CC(C)C)nc3cc2/N=C/c2cc(O)ccc2O)c1. The minimum Gasteiger partial charge on any atom is -0.508 e. The monoisotopic (exact) mass is 599 g/mol. The normalized spacial score (nSPS) is 11.5. The van der Waals surface area contributed by atoms with Gasteiger partial charge in [-0.25, -0.2) is 9.97 Å². The molecule has 0 unspecified atom stereocenters. The Hall–Kier alpha value is -5.52. The fourth-order valence-electron chi connectivity index (χ4n) is 4.14. The van der Waals surface area contributed by atoms with Crippen LogP contribution in [-0.4, -0.2) is 61.2 Å². The summed E-state index contributed by atoms with van der Waals surface area (Å²) < 4.78 is 5.33. The third kappa shape index (κ3) is 8.28. The molecule has 5 N–H and O–H groups in total. The summed E-state index contributed by atoms with van der Waals surface area (Å²) in [5, 5.41) is 43.6. The molecule has 44 heavy (non-hydrogen) atoms. The van der Waals surface area contributed by atoms with Gasteiger partial charge in [-0.3, -0.25) is 19.6 Å². The van der Waals surface area contributed by atoms with Crippen molar-refractivity contribution < 1.29 is 34.8 Å². The Labute approximate surface area is 253 Å². The lowest BCUT2D eigenvalue weighted by molar-refractivity contribution is -0.136. The van der Waals surface area contributed by atoms with Crippen molar-refractivity contribution in [2.75, 3.05) is 6.54 Å². The molecule has 0 fully saturated rings. The van der Waals surface area contributed by atoms with E-state index in [9.17, 15) is 30.0 Å². The molecule has 228 valence electrons. The predicted octanol–water partition coefficient (Wildman–Crippen LogP) is 4.97. The van der Waals surface area contributed by atoms with Crippen LogP contribution in [0.1, 0.15) is 50.4 Å². The zero-order valence-electron chi connectivity index (χ0n) is 24.5. The maximum absolute atomic E-state index is 12.2. The van der Waals surface area contributed by atoms with Gasteiger partial charge >= 0.3 is 5.97 Å². The van der Waals surface area contributed by atoms with E-state index in [0.717, 1.165) is 0 Å². The second-order valence-corrected chi connectivity index (χ2v) is 10.3. The van der Waals surface area contributed by atoms with E-state index in [0.29, 0.717) is 35.4 Å². The second kappa shape index (κ2) is 14.1. The van der Waals surface area contributed by atoms with Crippen LogP contribution in [0.4, 0.5) is 11.4 Å². The van der Waals surface area contributed by atoms with Crippen LogP contribution in [0.2, 0.25) is 0 Å². The number of ether oxygens (including phenoxy) is 1. The maximum Gasteiger partial charge on any atom is 0.311 e. The van der Waals surface area contributed by atoms with Gasteiger partial charge in [0.05, 0.1) is 28.8 Å². The first kappa shape index (κ1) is 31.4. The minimum atomic E-state index is -0.610. The number of hydrogen-bond acceptors (Lipinski definition) is 11. The van der Waals surface area contributed by atoms with Crippen molar-refractivity contribution in [1.29, 1.82) is 0 Å². The molecule has 0 saturated heterocycles. The highest BCUT2D eigenvalue weighted by Gasteiger charge is 2.14. The minimum absolute atomic E-state index is 0.0118. The molecule has 1 heterocycles. The van der Waals surface area contributed by atoms with Crippen LogP contribution in [0.5, 0.6) is 28.9 Å². The molecular formula is C32H33N5O7. The zero-order chi connectivity index (χ0) is 31.8. The standard InChI is InChI=1S/C32H33N5O7/c1-4-33-30(41)9-10-31(42)44-22-6-8-29(40)20(13-22)17-35-24-15-26-25(36-27(11-18(2)3)32(43)37-26)14-23(24)34-16-19-12-21(38)5-7-28(19)39/h5-8,12-18,38-40H,4,9-11H2,1-3H3,(H,33,41)(H,37,43)/b34-16+,35-17+. The summed E-state index contributed by atoms with van der Waals surface area (Å²) in [5.41, 5.74) is 2.32. The van der Waals surface area contributed by atoms with Gasteiger partial charge in [-0.15, -0.1) is 0 Å². The Bertz CT molecular complexity index is 1750. The van der Waals surface area contributed by atoms with E-state index in [2.05, 4.69) is 25.3 Å². The van der Waals surface area contributed by atoms with Crippen LogP contribution >= 0.6 is 0 Å². The fourth-order valence-corrected chi connectivity index (χ4v) is 4.14. The first-order valence-electron chi connectivity index (χ1n) is 14.0. The van der Waals surface area contributed by atoms with Crippen LogP contribution in [0.3, 0.4) is 0 Å². The summed E-state index contributed by atoms with van der Waals surface area (Å²) in [6.07, 6.45) is 3.08. The van der Waals surface area contributed by atoms with E-state index in [-0.39, 0.29) is 70.4 Å². The Kier molecular flexibility index (Phi) is 10.1. The van der Waals surface area contributed by atoms with Crippen molar-refractivity contribution in [3.63, 3.8) is 0 Å². The lowest BCUT2D eigenvalue weighted by Gasteiger charge is -2.09. The highest BCUT2D eigenvalue weighted by molar-refractivity contribution is 5.94. The molecule has 0 aliphatic rings. The van der Waals surface area contributed by atoms with E-state index in [1.54, 1.807) is 19.1 Å². The van der Waals surface area contributed by atoms with Gasteiger partial charge in [0.25, 0.3) is 0 Å². The van der Waals surface area contributed by atoms with Crippen LogP contribution in [0.25, 0.3) is 11.0 Å². The number of aliphatic imine (C=N–C) groups is 2. The van der Waals surface area contributed by atoms with Crippen molar-refractivity contribution in [2.45, 2.75) is 40.0 Å². The molecule has 0 aliphatic heterocycles. The number of aromatic nitrogens is 2. The van der Waals surface area contributed by atoms with Crippen LogP contribution in [-0.2, 0) is 16.0 Å². The van der Waals surface area contributed by atoms with E-state index < -0.39 is 5.97 Å². The smallest absolute Gasteiger partial charge is 0.311 e. The number of hydrogen-bond donors (Lipinski definition) is 5. The summed E-state index contributed by atoms with van der Waals surface area (Å²) in [6.45, 7) is 6.24. The third-order valence-corrected chi connectivity index (χ3v) is 6.27. The van der Waals surface area contributed by atoms with E-state index in [4.69, 9.17) is 4.74 Å². The molecule has 0 aliphatic carbocycles. The fraction of sp³-hybridized carbons (Fsp3) is 0.250. The number of carbonyl (C=O) groups is 2. The van der Waals surface area contributed by atoms with E-state index in [1.165, 1.54) is 48.8 Å². The molecule has 3 aromatic carbocycles. The van der Waals surface area contributed by atoms with Crippen molar-refractivity contribution >= 4 is 46.7 Å². The highest BCUT2D eigenvalue weighted by atomic mass is 16.5. The number of nitrogens with one attached hydrogen (secondary N) is 1. The molecular weight excluding hydrogens is 566 g/mol. The average Bonchev–Trinajstić information content (AvgIpc) is 2.97. The first-order chi connectivity index (χ1) is 21.0. The van der Waals surface area contributed by atoms with Crippen LogP contribution in [0, 0.1) is 5.92 Å². The summed E-state index contributed by atoms with van der Waals surface area (Å²) in [7, 11) is 0. The van der Waals surface area contributed by atoms with Gasteiger partial charge in [0, 0.05) is 36.5 Å². The molecule has 0 spiro atoms. The van der Waals surface area contributed by atoms with Gasteiger partial charge < -0.3 is 30.5 Å². The number of amides is 1. The van der Waals surface area contributed by atoms with Gasteiger partial charge in [-0.05, 0) is 67.8 Å². The van der Waals surface area contributed by atoms with Gasteiger partial charge in [0.15, 0.2) is 0 Å². The summed E-state index contributed by atoms with van der Waals surface area (Å²) >= 11 is 0. The Balaban J connectivity index is 1.69. The number of phenolic OH excluding ortho intramolecular Hbond substituents is 3. The molecule has 0 saturated carbocycles. The van der Waals surface area contributed by atoms with Crippen molar-refractivity contribution in [1.82, 2.24) is 15.3 Å². The number of carbonyl (C=O) groups excluding carboxylic acids is 2. The number of nitrogens with zero attached hydrogens (tertiary/aromatic N) is 4. The molecule has 12 heteroatoms. The first-order valence-corrected chi connectivity index (χ1v) is 14.0. The molecule has 4 aromatic rings. The Morgan fingerprint density at radius 2 is 1.48 bits per heavy atom. The largest absolute Gasteiger partial charge is 0.508 e. The summed E-state index contributed by atoms with van der Waals surface area (Å²) in [5.74, 6) is -0.972. The number of rotatable bonds is 11. The van der Waals surface area contributed by atoms with Gasteiger partial charge in [0.2, 0.25) is 11.8 Å². The number of phenols is 3. The quantitative estimate of drug-likeness (QED) is 0.0686. The van der Waals surface area contributed by atoms with Crippen LogP contribution in [0.15, 0.2) is 58.5 Å². The Morgan fingerprint density at radius 3 is 2.11 bits per heavy atom. The number of fused-ring (bicyclic) bond motifs is 1. The Morgan fingerprint density at radius 1 is 0.864 bits per heavy atom. The molecule has 1 aromatic heterocycles. The average molecular weight is 600 g/mol. The van der Waals surface area contributed by atoms with E-state index >= 15 is 0 Å². The van der Waals surface area contributed by atoms with Gasteiger partial charge in [-0.2, -0.15) is 0 Å². The second-order valence-electron chi connectivity index (χ2n) is 10.3. The summed E-state index contributed by atoms with van der Waals surface area (Å²) in [6, 6.07) is 11.4.